The highest BCUT2D eigenvalue weighted by atomic mass is 16.4. The average Bonchev–Trinajstić information content (AvgIpc) is 2.97. The maximum Gasteiger partial charge on any atom is 0.306 e. The zero-order chi connectivity index (χ0) is 19.1. The molecule has 1 aliphatic rings. The lowest BCUT2D eigenvalue weighted by atomic mass is 9.97. The topological polar surface area (TPSA) is 70.7 Å². The molecule has 0 aliphatic carbocycles. The molecular weight excluding hydrogens is 340 g/mol. The third-order valence-corrected chi connectivity index (χ3v) is 5.46. The SMILES string of the molecule is Cc1cc(N2CCC(C(=O)O)CC2)n2nc(C)c(-c3ccccc3C)c2n1. The Bertz CT molecular complexity index is 1020. The molecule has 1 aromatic carbocycles. The molecule has 1 N–H and O–H groups in total. The molecule has 1 aliphatic heterocycles. The van der Waals surface area contributed by atoms with Crippen LogP contribution in [0.5, 0.6) is 0 Å². The number of hydrogen-bond donors (Lipinski definition) is 1. The Kier molecular flexibility index (Phi) is 4.34. The number of rotatable bonds is 3. The van der Waals surface area contributed by atoms with Gasteiger partial charge in [0.15, 0.2) is 5.65 Å². The van der Waals surface area contributed by atoms with Crippen LogP contribution >= 0.6 is 0 Å². The van der Waals surface area contributed by atoms with Gasteiger partial charge in [0.25, 0.3) is 0 Å². The number of aliphatic carboxylic acids is 1. The Morgan fingerprint density at radius 1 is 1.15 bits per heavy atom. The number of anilines is 1. The van der Waals surface area contributed by atoms with E-state index in [9.17, 15) is 9.90 Å². The van der Waals surface area contributed by atoms with Gasteiger partial charge in [0.1, 0.15) is 5.82 Å². The Morgan fingerprint density at radius 3 is 2.52 bits per heavy atom. The first kappa shape index (κ1) is 17.5. The second-order valence-electron chi connectivity index (χ2n) is 7.37. The molecule has 2 aromatic heterocycles. The lowest BCUT2D eigenvalue weighted by molar-refractivity contribution is -0.142. The van der Waals surface area contributed by atoms with E-state index >= 15 is 0 Å². The number of hydrogen-bond acceptors (Lipinski definition) is 4. The summed E-state index contributed by atoms with van der Waals surface area (Å²) in [4.78, 5) is 18.3. The van der Waals surface area contributed by atoms with E-state index in [0.717, 1.165) is 34.0 Å². The van der Waals surface area contributed by atoms with Gasteiger partial charge in [0.2, 0.25) is 0 Å². The number of aromatic nitrogens is 3. The summed E-state index contributed by atoms with van der Waals surface area (Å²) in [7, 11) is 0. The van der Waals surface area contributed by atoms with E-state index in [1.165, 1.54) is 5.56 Å². The lowest BCUT2D eigenvalue weighted by Gasteiger charge is -2.32. The fraction of sp³-hybridized carbons (Fsp3) is 0.381. The molecular formula is C21H24N4O2. The number of carboxylic acids is 1. The van der Waals surface area contributed by atoms with Crippen molar-refractivity contribution in [2.75, 3.05) is 18.0 Å². The van der Waals surface area contributed by atoms with Crippen molar-refractivity contribution in [2.45, 2.75) is 33.6 Å². The quantitative estimate of drug-likeness (QED) is 0.768. The van der Waals surface area contributed by atoms with Crippen LogP contribution < -0.4 is 4.90 Å². The number of carboxylic acid groups (broad SMARTS) is 1. The van der Waals surface area contributed by atoms with Crippen LogP contribution in [-0.2, 0) is 4.79 Å². The minimum Gasteiger partial charge on any atom is -0.481 e. The summed E-state index contributed by atoms with van der Waals surface area (Å²) in [5.74, 6) is 0.0494. The Balaban J connectivity index is 1.81. The summed E-state index contributed by atoms with van der Waals surface area (Å²) in [6.07, 6.45) is 1.31. The average molecular weight is 364 g/mol. The van der Waals surface area contributed by atoms with Crippen LogP contribution in [0.25, 0.3) is 16.8 Å². The van der Waals surface area contributed by atoms with Crippen molar-refractivity contribution in [3.05, 3.63) is 47.3 Å². The summed E-state index contributed by atoms with van der Waals surface area (Å²) in [6.45, 7) is 7.55. The fourth-order valence-electron chi connectivity index (χ4n) is 3.97. The monoisotopic (exact) mass is 364 g/mol. The second kappa shape index (κ2) is 6.68. The van der Waals surface area contributed by atoms with Crippen LogP contribution in [-0.4, -0.2) is 38.8 Å². The van der Waals surface area contributed by atoms with Gasteiger partial charge >= 0.3 is 5.97 Å². The van der Waals surface area contributed by atoms with Crippen LogP contribution in [0.2, 0.25) is 0 Å². The number of piperidine rings is 1. The molecule has 6 heteroatoms. The van der Waals surface area contributed by atoms with E-state index in [1.807, 2.05) is 36.6 Å². The van der Waals surface area contributed by atoms with Gasteiger partial charge in [0.05, 0.1) is 11.6 Å². The molecule has 3 heterocycles. The van der Waals surface area contributed by atoms with Crippen molar-refractivity contribution in [3.8, 4) is 11.1 Å². The zero-order valence-corrected chi connectivity index (χ0v) is 15.9. The summed E-state index contributed by atoms with van der Waals surface area (Å²) < 4.78 is 1.92. The summed E-state index contributed by atoms with van der Waals surface area (Å²) in [5.41, 5.74) is 6.16. The van der Waals surface area contributed by atoms with Crippen molar-refractivity contribution >= 4 is 17.4 Å². The van der Waals surface area contributed by atoms with Gasteiger partial charge < -0.3 is 10.0 Å². The maximum absolute atomic E-state index is 11.3. The van der Waals surface area contributed by atoms with Crippen LogP contribution in [0.4, 0.5) is 5.82 Å². The van der Waals surface area contributed by atoms with Crippen LogP contribution in [0, 0.1) is 26.7 Å². The molecule has 0 atom stereocenters. The van der Waals surface area contributed by atoms with Crippen molar-refractivity contribution in [1.82, 2.24) is 14.6 Å². The van der Waals surface area contributed by atoms with Crippen molar-refractivity contribution in [2.24, 2.45) is 5.92 Å². The van der Waals surface area contributed by atoms with Gasteiger partial charge in [-0.25, -0.2) is 4.98 Å². The molecule has 27 heavy (non-hydrogen) atoms. The Hall–Kier alpha value is -2.89. The van der Waals surface area contributed by atoms with Crippen molar-refractivity contribution < 1.29 is 9.90 Å². The van der Waals surface area contributed by atoms with Gasteiger partial charge in [0, 0.05) is 30.4 Å². The molecule has 140 valence electrons. The van der Waals surface area contributed by atoms with E-state index in [-0.39, 0.29) is 5.92 Å². The predicted molar refractivity (Wildman–Crippen MR) is 105 cm³/mol. The predicted octanol–water partition coefficient (Wildman–Crippen LogP) is 3.62. The molecule has 0 unspecified atom stereocenters. The highest BCUT2D eigenvalue weighted by Gasteiger charge is 2.27. The first-order valence-corrected chi connectivity index (χ1v) is 9.36. The summed E-state index contributed by atoms with van der Waals surface area (Å²) in [6, 6.07) is 10.3. The normalized spacial score (nSPS) is 15.4. The van der Waals surface area contributed by atoms with Gasteiger partial charge in [-0.3, -0.25) is 4.79 Å². The van der Waals surface area contributed by atoms with Crippen LogP contribution in [0.15, 0.2) is 30.3 Å². The van der Waals surface area contributed by atoms with E-state index in [1.54, 1.807) is 0 Å². The molecule has 0 saturated carbocycles. The maximum atomic E-state index is 11.3. The molecule has 0 spiro atoms. The molecule has 3 aromatic rings. The Labute approximate surface area is 158 Å². The number of aryl methyl sites for hydroxylation is 3. The molecule has 4 rings (SSSR count). The lowest BCUT2D eigenvalue weighted by Crippen LogP contribution is -2.37. The molecule has 0 radical (unpaired) electrons. The van der Waals surface area contributed by atoms with Crippen molar-refractivity contribution in [1.29, 1.82) is 0 Å². The van der Waals surface area contributed by atoms with E-state index in [0.29, 0.717) is 25.9 Å². The summed E-state index contributed by atoms with van der Waals surface area (Å²) >= 11 is 0. The second-order valence-corrected chi connectivity index (χ2v) is 7.37. The fourth-order valence-corrected chi connectivity index (χ4v) is 3.97. The van der Waals surface area contributed by atoms with E-state index < -0.39 is 5.97 Å². The smallest absolute Gasteiger partial charge is 0.306 e. The van der Waals surface area contributed by atoms with Gasteiger partial charge in [-0.05, 0) is 44.7 Å². The Morgan fingerprint density at radius 2 is 1.85 bits per heavy atom. The minimum atomic E-state index is -0.692. The molecule has 0 bridgehead atoms. The van der Waals surface area contributed by atoms with Gasteiger partial charge in [-0.15, -0.1) is 0 Å². The first-order valence-electron chi connectivity index (χ1n) is 9.36. The standard InChI is InChI=1S/C21H24N4O2/c1-13-6-4-5-7-17(13)19-15(3)23-25-18(12-14(2)22-20(19)25)24-10-8-16(9-11-24)21(26)27/h4-7,12,16H,8-11H2,1-3H3,(H,26,27). The zero-order valence-electron chi connectivity index (χ0n) is 15.9. The number of carbonyl (C=O) groups is 1. The summed E-state index contributed by atoms with van der Waals surface area (Å²) in [5, 5.41) is 14.1. The number of benzene rings is 1. The van der Waals surface area contributed by atoms with Gasteiger partial charge in [-0.1, -0.05) is 24.3 Å². The molecule has 1 fully saturated rings. The van der Waals surface area contributed by atoms with Crippen molar-refractivity contribution in [3.63, 3.8) is 0 Å². The number of fused-ring (bicyclic) bond motifs is 1. The number of nitrogens with zero attached hydrogens (tertiary/aromatic N) is 4. The highest BCUT2D eigenvalue weighted by Crippen LogP contribution is 2.33. The molecule has 1 saturated heterocycles. The third kappa shape index (κ3) is 3.05. The third-order valence-electron chi connectivity index (χ3n) is 5.46. The molecule has 0 amide bonds. The molecule has 6 nitrogen and oxygen atoms in total. The van der Waals surface area contributed by atoms with E-state index in [2.05, 4.69) is 24.0 Å². The minimum absolute atomic E-state index is 0.249. The van der Waals surface area contributed by atoms with Gasteiger partial charge in [-0.2, -0.15) is 9.61 Å². The van der Waals surface area contributed by atoms with Crippen LogP contribution in [0.1, 0.15) is 29.8 Å². The van der Waals surface area contributed by atoms with Crippen LogP contribution in [0.3, 0.4) is 0 Å². The van der Waals surface area contributed by atoms with E-state index in [4.69, 9.17) is 10.1 Å². The first-order chi connectivity index (χ1) is 13.0. The largest absolute Gasteiger partial charge is 0.481 e. The highest BCUT2D eigenvalue weighted by molar-refractivity contribution is 5.82.